The topological polar surface area (TPSA) is 149 Å². The van der Waals surface area contributed by atoms with Crippen molar-refractivity contribution in [1.29, 1.82) is 0 Å². The quantitative estimate of drug-likeness (QED) is 0.417. The molecule has 138 valence electrons. The number of carbonyl (C=O) groups is 4. The van der Waals surface area contributed by atoms with Crippen LogP contribution in [0.2, 0.25) is 0 Å². The van der Waals surface area contributed by atoms with Crippen LogP contribution in [0.25, 0.3) is 0 Å². The summed E-state index contributed by atoms with van der Waals surface area (Å²) in [6.07, 6.45) is 5.26. The summed E-state index contributed by atoms with van der Waals surface area (Å²) >= 11 is 0. The first-order valence-electron chi connectivity index (χ1n) is 8.09. The Morgan fingerprint density at radius 1 is 0.583 bits per heavy atom. The van der Waals surface area contributed by atoms with Crippen molar-refractivity contribution in [1.82, 2.24) is 0 Å². The summed E-state index contributed by atoms with van der Waals surface area (Å²) in [5.41, 5.74) is 0. The molecule has 4 N–H and O–H groups in total. The van der Waals surface area contributed by atoms with Crippen LogP contribution >= 0.6 is 0 Å². The Labute approximate surface area is 140 Å². The zero-order chi connectivity index (χ0) is 18.5. The highest BCUT2D eigenvalue weighted by Crippen LogP contribution is 2.38. The number of aliphatic carboxylic acids is 4. The summed E-state index contributed by atoms with van der Waals surface area (Å²) < 4.78 is 0. The summed E-state index contributed by atoms with van der Waals surface area (Å²) in [4.78, 5) is 40.7. The van der Waals surface area contributed by atoms with Crippen LogP contribution in [-0.2, 0) is 19.2 Å². The fraction of sp³-hybridized carbons (Fsp3) is 0.750. The molecule has 0 amide bonds. The first kappa shape index (κ1) is 21.9. The molecule has 0 heterocycles. The Hall–Kier alpha value is -2.12. The molecule has 0 spiro atoms. The van der Waals surface area contributed by atoms with E-state index in [0.29, 0.717) is 12.8 Å². The maximum absolute atomic E-state index is 10.3. The van der Waals surface area contributed by atoms with Gasteiger partial charge < -0.3 is 20.4 Å². The third-order valence-corrected chi connectivity index (χ3v) is 3.98. The first-order chi connectivity index (χ1) is 11.2. The van der Waals surface area contributed by atoms with Gasteiger partial charge in [0.05, 0.1) is 0 Å². The number of hydrogen-bond donors (Lipinski definition) is 4. The molecule has 1 aliphatic rings. The molecule has 0 aliphatic heterocycles. The number of carboxylic acids is 4. The Morgan fingerprint density at radius 3 is 1.12 bits per heavy atom. The standard InChI is InChI=1S/C8H12O4.C8H14O4/c9-7(10)3-5-1-2-6(5)4-8(11)12;9-7(10)5-3-1-2-4-6-8(11)12/h5-6H,1-4H2,(H,9,10)(H,11,12);1-6H2,(H,9,10)(H,11,12). The van der Waals surface area contributed by atoms with E-state index in [0.717, 1.165) is 25.7 Å². The normalized spacial score (nSPS) is 18.7. The van der Waals surface area contributed by atoms with Crippen LogP contribution in [0, 0.1) is 11.8 Å². The van der Waals surface area contributed by atoms with Gasteiger partial charge in [-0.15, -0.1) is 0 Å². The SMILES string of the molecule is O=C(O)CC1CCC1CC(=O)O.O=C(O)CCCCCCC(=O)O. The third kappa shape index (κ3) is 12.4. The molecule has 2 atom stereocenters. The van der Waals surface area contributed by atoms with Gasteiger partial charge >= 0.3 is 23.9 Å². The zero-order valence-electron chi connectivity index (χ0n) is 13.6. The van der Waals surface area contributed by atoms with Crippen LogP contribution in [0.1, 0.15) is 64.2 Å². The van der Waals surface area contributed by atoms with Crippen LogP contribution in [0.15, 0.2) is 0 Å². The Bertz CT molecular complexity index is 392. The molecule has 0 radical (unpaired) electrons. The fourth-order valence-corrected chi connectivity index (χ4v) is 2.53. The Kier molecular flexibility index (Phi) is 11.2. The number of rotatable bonds is 11. The molecular weight excluding hydrogens is 320 g/mol. The van der Waals surface area contributed by atoms with Gasteiger partial charge in [-0.3, -0.25) is 19.2 Å². The van der Waals surface area contributed by atoms with Gasteiger partial charge in [-0.25, -0.2) is 0 Å². The van der Waals surface area contributed by atoms with Crippen molar-refractivity contribution in [3.63, 3.8) is 0 Å². The summed E-state index contributed by atoms with van der Waals surface area (Å²) in [5.74, 6) is -3.02. The van der Waals surface area contributed by atoms with E-state index in [4.69, 9.17) is 20.4 Å². The van der Waals surface area contributed by atoms with Gasteiger partial charge in [0.25, 0.3) is 0 Å². The summed E-state index contributed by atoms with van der Waals surface area (Å²) in [7, 11) is 0. The monoisotopic (exact) mass is 346 g/mol. The Morgan fingerprint density at radius 2 is 0.917 bits per heavy atom. The summed E-state index contributed by atoms with van der Waals surface area (Å²) in [6.45, 7) is 0. The summed E-state index contributed by atoms with van der Waals surface area (Å²) in [6, 6.07) is 0. The number of carboxylic acid groups (broad SMARTS) is 4. The fourth-order valence-electron chi connectivity index (χ4n) is 2.53. The van der Waals surface area contributed by atoms with Crippen LogP contribution in [0.5, 0.6) is 0 Å². The lowest BCUT2D eigenvalue weighted by molar-refractivity contribution is -0.143. The predicted molar refractivity (Wildman–Crippen MR) is 83.7 cm³/mol. The van der Waals surface area contributed by atoms with Gasteiger partial charge in [0.2, 0.25) is 0 Å². The largest absolute Gasteiger partial charge is 0.481 e. The number of unbranched alkanes of at least 4 members (excludes halogenated alkanes) is 3. The second-order valence-corrected chi connectivity index (χ2v) is 5.99. The van der Waals surface area contributed by atoms with Crippen molar-refractivity contribution in [2.45, 2.75) is 64.2 Å². The molecule has 8 heteroatoms. The molecule has 1 fully saturated rings. The van der Waals surface area contributed by atoms with Crippen molar-refractivity contribution in [3.8, 4) is 0 Å². The molecule has 1 rings (SSSR count). The van der Waals surface area contributed by atoms with Gasteiger partial charge in [-0.1, -0.05) is 12.8 Å². The second-order valence-electron chi connectivity index (χ2n) is 5.99. The Balaban J connectivity index is 0.000000441. The lowest BCUT2D eigenvalue weighted by Gasteiger charge is -2.34. The lowest BCUT2D eigenvalue weighted by Crippen LogP contribution is -2.29. The van der Waals surface area contributed by atoms with Crippen LogP contribution in [0.3, 0.4) is 0 Å². The molecule has 0 saturated heterocycles. The molecule has 1 aliphatic carbocycles. The molecule has 24 heavy (non-hydrogen) atoms. The van der Waals surface area contributed by atoms with E-state index in [1.165, 1.54) is 0 Å². The maximum Gasteiger partial charge on any atom is 0.303 e. The highest BCUT2D eigenvalue weighted by atomic mass is 16.4. The predicted octanol–water partition coefficient (Wildman–Crippen LogP) is 2.46. The first-order valence-corrected chi connectivity index (χ1v) is 8.09. The van der Waals surface area contributed by atoms with Gasteiger partial charge in [0.15, 0.2) is 0 Å². The minimum absolute atomic E-state index is 0.0959. The second kappa shape index (κ2) is 12.3. The molecule has 1 saturated carbocycles. The van der Waals surface area contributed by atoms with Crippen molar-refractivity contribution < 1.29 is 39.6 Å². The molecule has 0 aromatic heterocycles. The molecule has 0 bridgehead atoms. The molecule has 0 aromatic rings. The minimum Gasteiger partial charge on any atom is -0.481 e. The van der Waals surface area contributed by atoms with E-state index in [1.807, 2.05) is 0 Å². The van der Waals surface area contributed by atoms with E-state index >= 15 is 0 Å². The maximum atomic E-state index is 10.3. The minimum atomic E-state index is -0.824. The van der Waals surface area contributed by atoms with E-state index in [9.17, 15) is 19.2 Å². The van der Waals surface area contributed by atoms with Crippen LogP contribution in [0.4, 0.5) is 0 Å². The van der Waals surface area contributed by atoms with E-state index in [2.05, 4.69) is 0 Å². The highest BCUT2D eigenvalue weighted by Gasteiger charge is 2.33. The van der Waals surface area contributed by atoms with Crippen molar-refractivity contribution in [3.05, 3.63) is 0 Å². The van der Waals surface area contributed by atoms with E-state index in [1.54, 1.807) is 0 Å². The highest BCUT2D eigenvalue weighted by molar-refractivity contribution is 5.69. The smallest absolute Gasteiger partial charge is 0.303 e. The average molecular weight is 346 g/mol. The third-order valence-electron chi connectivity index (χ3n) is 3.98. The summed E-state index contributed by atoms with van der Waals surface area (Å²) in [5, 5.41) is 33.4. The van der Waals surface area contributed by atoms with Gasteiger partial charge in [0.1, 0.15) is 0 Å². The zero-order valence-corrected chi connectivity index (χ0v) is 13.6. The van der Waals surface area contributed by atoms with E-state index in [-0.39, 0.29) is 37.5 Å². The van der Waals surface area contributed by atoms with Gasteiger partial charge in [0, 0.05) is 25.7 Å². The van der Waals surface area contributed by atoms with E-state index < -0.39 is 23.9 Å². The van der Waals surface area contributed by atoms with Gasteiger partial charge in [-0.05, 0) is 37.5 Å². The molecule has 2 unspecified atom stereocenters. The number of hydrogen-bond acceptors (Lipinski definition) is 4. The van der Waals surface area contributed by atoms with Crippen molar-refractivity contribution in [2.75, 3.05) is 0 Å². The average Bonchev–Trinajstić information content (AvgIpc) is 2.45. The lowest BCUT2D eigenvalue weighted by atomic mass is 9.70. The molecule has 8 nitrogen and oxygen atoms in total. The molecular formula is C16H26O8. The van der Waals surface area contributed by atoms with Crippen LogP contribution < -0.4 is 0 Å². The van der Waals surface area contributed by atoms with Crippen LogP contribution in [-0.4, -0.2) is 44.3 Å². The van der Waals surface area contributed by atoms with Crippen molar-refractivity contribution >= 4 is 23.9 Å². The van der Waals surface area contributed by atoms with Crippen molar-refractivity contribution in [2.24, 2.45) is 11.8 Å². The van der Waals surface area contributed by atoms with Gasteiger partial charge in [-0.2, -0.15) is 0 Å². The molecule has 0 aromatic carbocycles.